The van der Waals surface area contributed by atoms with E-state index in [2.05, 4.69) is 42.5 Å². The van der Waals surface area contributed by atoms with E-state index in [0.29, 0.717) is 52.6 Å². The molecule has 4 fully saturated rings. The number of pyridine rings is 1. The summed E-state index contributed by atoms with van der Waals surface area (Å²) in [7, 11) is 0. The Morgan fingerprint density at radius 1 is 0.300 bits per heavy atom. The third kappa shape index (κ3) is 6.78. The predicted molar refractivity (Wildman–Crippen MR) is 273 cm³/mol. The van der Waals surface area contributed by atoms with E-state index in [0.717, 1.165) is 61.9 Å². The number of rotatable bonds is 8. The molecule has 5 aliphatic carbocycles. The smallest absolute Gasteiger partial charge is 0.167 e. The fourth-order valence-electron chi connectivity index (χ4n) is 12.7. The van der Waals surface area contributed by atoms with E-state index in [-0.39, 0.29) is 5.41 Å². The molecular formula is C61H45N9. The van der Waals surface area contributed by atoms with E-state index < -0.39 is 0 Å². The molecule has 5 aliphatic rings. The van der Waals surface area contributed by atoms with Gasteiger partial charge in [-0.05, 0) is 102 Å². The summed E-state index contributed by atoms with van der Waals surface area (Å²) in [5.41, 5.74) is 14.0. The quantitative estimate of drug-likeness (QED) is 0.147. The molecule has 0 amide bonds. The molecule has 15 rings (SSSR count). The summed E-state index contributed by atoms with van der Waals surface area (Å²) in [5.74, 6) is 7.14. The van der Waals surface area contributed by atoms with E-state index in [1.54, 1.807) is 0 Å². The Hall–Kier alpha value is -8.43. The third-order valence-corrected chi connectivity index (χ3v) is 15.5. The lowest BCUT2D eigenvalue weighted by atomic mass is 9.43. The average molecular weight is 904 g/mol. The zero-order chi connectivity index (χ0) is 46.2. The van der Waals surface area contributed by atoms with Gasteiger partial charge in [0.15, 0.2) is 40.8 Å². The maximum atomic E-state index is 5.03. The fourth-order valence-corrected chi connectivity index (χ4v) is 12.7. The summed E-state index contributed by atoms with van der Waals surface area (Å²) < 4.78 is 0. The maximum Gasteiger partial charge on any atom is 0.167 e. The van der Waals surface area contributed by atoms with E-state index in [1.807, 2.05) is 146 Å². The van der Waals surface area contributed by atoms with Gasteiger partial charge in [-0.3, -0.25) is 4.98 Å². The first kappa shape index (κ1) is 40.6. The van der Waals surface area contributed by atoms with Gasteiger partial charge in [-0.2, -0.15) is 0 Å². The van der Waals surface area contributed by atoms with Gasteiger partial charge in [-0.15, -0.1) is 0 Å². The monoisotopic (exact) mass is 903 g/mol. The summed E-state index contributed by atoms with van der Waals surface area (Å²) in [6, 6.07) is 56.6. The molecule has 10 aromatic rings. The molecule has 0 unspecified atom stereocenters. The van der Waals surface area contributed by atoms with Crippen molar-refractivity contribution >= 4 is 0 Å². The zero-order valence-corrected chi connectivity index (χ0v) is 38.3. The van der Waals surface area contributed by atoms with Crippen LogP contribution in [0.3, 0.4) is 0 Å². The number of benzene rings is 6. The van der Waals surface area contributed by atoms with Crippen molar-refractivity contribution in [2.75, 3.05) is 0 Å². The summed E-state index contributed by atoms with van der Waals surface area (Å²) in [6.45, 7) is 0. The van der Waals surface area contributed by atoms with Crippen LogP contribution in [0.2, 0.25) is 0 Å². The molecule has 1 spiro atoms. The van der Waals surface area contributed by atoms with Crippen molar-refractivity contribution in [3.63, 3.8) is 0 Å². The molecule has 334 valence electrons. The maximum absolute atomic E-state index is 5.03. The Balaban J connectivity index is 0.846. The van der Waals surface area contributed by atoms with Crippen molar-refractivity contribution in [3.05, 3.63) is 200 Å². The lowest BCUT2D eigenvalue weighted by Crippen LogP contribution is -2.55. The van der Waals surface area contributed by atoms with Crippen LogP contribution in [0.15, 0.2) is 189 Å². The van der Waals surface area contributed by atoms with E-state index in [4.69, 9.17) is 44.9 Å². The highest BCUT2D eigenvalue weighted by Gasteiger charge is 2.61. The van der Waals surface area contributed by atoms with Gasteiger partial charge in [0.25, 0.3) is 0 Å². The number of aromatic nitrogens is 9. The molecule has 0 saturated heterocycles. The van der Waals surface area contributed by atoms with Gasteiger partial charge in [0.05, 0.1) is 5.56 Å². The lowest BCUT2D eigenvalue weighted by Gasteiger charge is -2.61. The van der Waals surface area contributed by atoms with Crippen molar-refractivity contribution < 1.29 is 0 Å². The topological polar surface area (TPSA) is 116 Å². The van der Waals surface area contributed by atoms with Crippen molar-refractivity contribution in [1.82, 2.24) is 44.9 Å². The Kier molecular flexibility index (Phi) is 9.50. The number of hydrogen-bond donors (Lipinski definition) is 0. The van der Waals surface area contributed by atoms with Crippen LogP contribution in [0, 0.1) is 23.7 Å². The molecule has 0 N–H and O–H groups in total. The molecule has 9 nitrogen and oxygen atoms in total. The lowest BCUT2D eigenvalue weighted by molar-refractivity contribution is -0.0399. The minimum atomic E-state index is -0.0498. The second kappa shape index (κ2) is 16.4. The van der Waals surface area contributed by atoms with Crippen LogP contribution in [-0.4, -0.2) is 44.9 Å². The third-order valence-electron chi connectivity index (χ3n) is 15.5. The van der Waals surface area contributed by atoms with Crippen molar-refractivity contribution in [1.29, 1.82) is 0 Å². The molecule has 4 bridgehead atoms. The number of nitrogens with zero attached hydrogens (tertiary/aromatic N) is 9. The Morgan fingerprint density at radius 3 is 1.24 bits per heavy atom. The average Bonchev–Trinajstić information content (AvgIpc) is 3.72. The molecule has 4 heterocycles. The highest BCUT2D eigenvalue weighted by molar-refractivity contribution is 5.87. The molecule has 9 heteroatoms. The fraction of sp³-hybridized carbons (Fsp3) is 0.164. The van der Waals surface area contributed by atoms with E-state index in [1.165, 1.54) is 54.4 Å². The molecular weight excluding hydrogens is 859 g/mol. The first-order valence-corrected chi connectivity index (χ1v) is 24.4. The van der Waals surface area contributed by atoms with Crippen molar-refractivity contribution in [3.8, 4) is 102 Å². The van der Waals surface area contributed by atoms with Crippen molar-refractivity contribution in [2.45, 2.75) is 37.5 Å². The zero-order valence-electron chi connectivity index (χ0n) is 38.3. The molecule has 4 aromatic heterocycles. The number of fused-ring (bicyclic) bond motifs is 3. The summed E-state index contributed by atoms with van der Waals surface area (Å²) >= 11 is 0. The molecule has 0 radical (unpaired) electrons. The Morgan fingerprint density at radius 2 is 0.743 bits per heavy atom. The number of hydrogen-bond acceptors (Lipinski definition) is 9. The van der Waals surface area contributed by atoms with Crippen LogP contribution in [0.4, 0.5) is 0 Å². The Labute approximate surface area is 406 Å². The normalized spacial score (nSPS) is 20.3. The molecule has 0 aliphatic heterocycles. The van der Waals surface area contributed by atoms with Gasteiger partial charge in [0, 0.05) is 69.1 Å². The van der Waals surface area contributed by atoms with Gasteiger partial charge < -0.3 is 0 Å². The molecule has 0 atom stereocenters. The molecule has 6 aromatic carbocycles. The first-order valence-electron chi connectivity index (χ1n) is 24.4. The second-order valence-electron chi connectivity index (χ2n) is 19.5. The van der Waals surface area contributed by atoms with Crippen LogP contribution in [0.5, 0.6) is 0 Å². The molecule has 70 heavy (non-hydrogen) atoms. The minimum Gasteiger partial charge on any atom is -0.263 e. The largest absolute Gasteiger partial charge is 0.263 e. The van der Waals surface area contributed by atoms with Crippen LogP contribution in [0.25, 0.3) is 102 Å². The molecule has 4 saturated carbocycles. The highest BCUT2D eigenvalue weighted by Crippen LogP contribution is 2.69. The summed E-state index contributed by atoms with van der Waals surface area (Å²) in [5, 5.41) is 0. The van der Waals surface area contributed by atoms with Crippen LogP contribution in [0.1, 0.15) is 43.2 Å². The van der Waals surface area contributed by atoms with Gasteiger partial charge in [0.1, 0.15) is 0 Å². The van der Waals surface area contributed by atoms with Crippen LogP contribution < -0.4 is 0 Å². The van der Waals surface area contributed by atoms with Gasteiger partial charge in [-0.1, -0.05) is 146 Å². The predicted octanol–water partition coefficient (Wildman–Crippen LogP) is 13.3. The van der Waals surface area contributed by atoms with Crippen LogP contribution >= 0.6 is 0 Å². The summed E-state index contributed by atoms with van der Waals surface area (Å²) in [6.07, 6.45) is 14.1. The second-order valence-corrected chi connectivity index (χ2v) is 19.5. The highest BCUT2D eigenvalue weighted by atomic mass is 15.0. The van der Waals surface area contributed by atoms with Gasteiger partial charge in [0.2, 0.25) is 0 Å². The first-order chi connectivity index (χ1) is 34.6. The van der Waals surface area contributed by atoms with E-state index >= 15 is 0 Å². The van der Waals surface area contributed by atoms with Crippen molar-refractivity contribution in [2.24, 2.45) is 23.7 Å². The summed E-state index contributed by atoms with van der Waals surface area (Å²) in [4.78, 5) is 44.6. The van der Waals surface area contributed by atoms with Gasteiger partial charge in [-0.25, -0.2) is 39.9 Å². The standard InChI is InChI=1S/C61H45N9/c1-5-13-39(14-6-1)55-65-56(40-15-7-2-8-16-40)68-59(67-55)46-30-45(33-62-34-46)43-22-24-52-51(31-43)50-23-21-44(32-53(50)61(52)48-26-37-25-38(28-48)29-49(61)27-37)54-63-35-47(36-64-54)60-69-57(41-17-9-3-10-18-41)66-58(70-60)42-19-11-4-12-20-42/h1-24,30-38,48-49H,25-29H2. The SMILES string of the molecule is c1ccc(-c2nc(-c3ccccc3)nc(-c3cnc(-c4ccc5c(c4)C4(c6ccc(-c7cncc(-c8nc(-c9ccccc9)nc(-c9ccccc9)n8)c7)cc6-5)C5CC6CC(C5)CC4C6)nc3)n2)cc1. The van der Waals surface area contributed by atoms with Crippen LogP contribution in [-0.2, 0) is 5.41 Å². The van der Waals surface area contributed by atoms with Gasteiger partial charge >= 0.3 is 0 Å². The van der Waals surface area contributed by atoms with E-state index in [9.17, 15) is 0 Å². The Bertz CT molecular complexity index is 3460. The minimum absolute atomic E-state index is 0.0498.